The Morgan fingerprint density at radius 3 is 2.44 bits per heavy atom. The summed E-state index contributed by atoms with van der Waals surface area (Å²) >= 11 is 0. The van der Waals surface area contributed by atoms with Crippen LogP contribution in [0.1, 0.15) is 40.0 Å². The molecule has 4 nitrogen and oxygen atoms in total. The first-order chi connectivity index (χ1) is 7.20. The second-order valence-corrected chi connectivity index (χ2v) is 7.59. The third-order valence-electron chi connectivity index (χ3n) is 2.87. The zero-order valence-corrected chi connectivity index (χ0v) is 11.6. The van der Waals surface area contributed by atoms with Gasteiger partial charge >= 0.3 is 0 Å². The fraction of sp³-hybridized carbons (Fsp3) is 1.00. The molecule has 1 rings (SSSR count). The predicted octanol–water partition coefficient (Wildman–Crippen LogP) is 1.19. The highest BCUT2D eigenvalue weighted by Gasteiger charge is 2.29. The van der Waals surface area contributed by atoms with Gasteiger partial charge in [-0.25, -0.2) is 8.42 Å². The first-order valence-corrected chi connectivity index (χ1v) is 7.77. The molecule has 1 N–H and O–H groups in total. The van der Waals surface area contributed by atoms with Gasteiger partial charge < -0.3 is 5.32 Å². The Morgan fingerprint density at radius 1 is 1.31 bits per heavy atom. The fourth-order valence-corrected chi connectivity index (χ4v) is 3.22. The molecule has 0 amide bonds. The first-order valence-electron chi connectivity index (χ1n) is 5.92. The van der Waals surface area contributed by atoms with E-state index in [1.807, 2.05) is 0 Å². The molecule has 5 heteroatoms. The molecule has 0 aromatic heterocycles. The van der Waals surface area contributed by atoms with Crippen molar-refractivity contribution in [3.63, 3.8) is 0 Å². The van der Waals surface area contributed by atoms with E-state index in [1.165, 1.54) is 6.26 Å². The number of rotatable bonds is 3. The largest absolute Gasteiger partial charge is 0.310 e. The molecular formula is C11H24N2O2S. The molecular weight excluding hydrogens is 224 g/mol. The highest BCUT2D eigenvalue weighted by Crippen LogP contribution is 2.19. The smallest absolute Gasteiger partial charge is 0.211 e. The van der Waals surface area contributed by atoms with Crippen molar-refractivity contribution in [2.45, 2.75) is 51.6 Å². The molecule has 0 spiro atoms. The molecule has 1 aliphatic heterocycles. The van der Waals surface area contributed by atoms with Crippen LogP contribution in [0.15, 0.2) is 0 Å². The van der Waals surface area contributed by atoms with Crippen molar-refractivity contribution in [1.29, 1.82) is 0 Å². The van der Waals surface area contributed by atoms with Crippen molar-refractivity contribution >= 4 is 10.0 Å². The standard InChI is InChI=1S/C11H24N2O2S/c1-11(2,3)12-9-10-7-5-6-8-13(10)16(4,14)15/h10,12H,5-9H2,1-4H3. The van der Waals surface area contributed by atoms with Crippen molar-refractivity contribution < 1.29 is 8.42 Å². The molecule has 0 aliphatic carbocycles. The van der Waals surface area contributed by atoms with Gasteiger partial charge in [0.1, 0.15) is 0 Å². The molecule has 16 heavy (non-hydrogen) atoms. The quantitative estimate of drug-likeness (QED) is 0.816. The molecule has 0 aromatic rings. The summed E-state index contributed by atoms with van der Waals surface area (Å²) in [6, 6.07) is 0.128. The number of nitrogens with one attached hydrogen (secondary N) is 1. The summed E-state index contributed by atoms with van der Waals surface area (Å²) in [6.07, 6.45) is 4.39. The van der Waals surface area contributed by atoms with Gasteiger partial charge in [0.2, 0.25) is 10.0 Å². The minimum absolute atomic E-state index is 0.0423. The molecule has 0 bridgehead atoms. The summed E-state index contributed by atoms with van der Waals surface area (Å²) in [5, 5.41) is 3.39. The van der Waals surface area contributed by atoms with E-state index >= 15 is 0 Å². The van der Waals surface area contributed by atoms with Gasteiger partial charge in [-0.15, -0.1) is 0 Å². The highest BCUT2D eigenvalue weighted by atomic mass is 32.2. The van der Waals surface area contributed by atoms with Crippen molar-refractivity contribution in [3.05, 3.63) is 0 Å². The fourth-order valence-electron chi connectivity index (χ4n) is 2.04. The summed E-state index contributed by atoms with van der Waals surface area (Å²) in [5.41, 5.74) is 0.0423. The van der Waals surface area contributed by atoms with E-state index in [-0.39, 0.29) is 11.6 Å². The third kappa shape index (κ3) is 4.39. The molecule has 1 aliphatic rings. The van der Waals surface area contributed by atoms with Crippen LogP contribution in [0.25, 0.3) is 0 Å². The van der Waals surface area contributed by atoms with Gasteiger partial charge in [0, 0.05) is 24.7 Å². The van der Waals surface area contributed by atoms with E-state index < -0.39 is 10.0 Å². The predicted molar refractivity (Wildman–Crippen MR) is 66.9 cm³/mol. The van der Waals surface area contributed by atoms with Crippen molar-refractivity contribution in [2.75, 3.05) is 19.3 Å². The lowest BCUT2D eigenvalue weighted by Crippen LogP contribution is -2.51. The molecule has 0 saturated carbocycles. The molecule has 1 heterocycles. The van der Waals surface area contributed by atoms with Gasteiger partial charge in [-0.2, -0.15) is 4.31 Å². The SMILES string of the molecule is CC(C)(C)NCC1CCCCN1S(C)(=O)=O. The van der Waals surface area contributed by atoms with E-state index in [1.54, 1.807) is 4.31 Å². The van der Waals surface area contributed by atoms with Crippen LogP contribution in [-0.2, 0) is 10.0 Å². The Hall–Kier alpha value is -0.130. The molecule has 1 unspecified atom stereocenters. The Morgan fingerprint density at radius 2 is 1.94 bits per heavy atom. The second-order valence-electron chi connectivity index (χ2n) is 5.65. The number of hydrogen-bond acceptors (Lipinski definition) is 3. The van der Waals surface area contributed by atoms with Crippen LogP contribution in [-0.4, -0.2) is 43.6 Å². The summed E-state index contributed by atoms with van der Waals surface area (Å²) in [6.45, 7) is 7.72. The Bertz CT molecular complexity index is 319. The van der Waals surface area contributed by atoms with Gasteiger partial charge in [0.15, 0.2) is 0 Å². The van der Waals surface area contributed by atoms with Gasteiger partial charge in [-0.05, 0) is 33.6 Å². The van der Waals surface area contributed by atoms with Crippen LogP contribution in [0.3, 0.4) is 0 Å². The van der Waals surface area contributed by atoms with Gasteiger partial charge in [0.25, 0.3) is 0 Å². The third-order valence-corrected chi connectivity index (χ3v) is 4.20. The van der Waals surface area contributed by atoms with Crippen LogP contribution in [0.2, 0.25) is 0 Å². The summed E-state index contributed by atoms with van der Waals surface area (Å²) in [5.74, 6) is 0. The minimum atomic E-state index is -3.05. The number of piperidine rings is 1. The lowest BCUT2D eigenvalue weighted by molar-refractivity contribution is 0.232. The van der Waals surface area contributed by atoms with Crippen LogP contribution in [0.4, 0.5) is 0 Å². The molecule has 1 fully saturated rings. The number of sulfonamides is 1. The van der Waals surface area contributed by atoms with Crippen LogP contribution in [0.5, 0.6) is 0 Å². The Balaban J connectivity index is 2.62. The van der Waals surface area contributed by atoms with E-state index in [4.69, 9.17) is 0 Å². The Labute approximate surface area is 99.5 Å². The first kappa shape index (κ1) is 13.9. The van der Waals surface area contributed by atoms with Gasteiger partial charge in [0.05, 0.1) is 6.26 Å². The maximum atomic E-state index is 11.6. The summed E-state index contributed by atoms with van der Waals surface area (Å²) in [7, 11) is -3.05. The van der Waals surface area contributed by atoms with Crippen LogP contribution in [0, 0.1) is 0 Å². The van der Waals surface area contributed by atoms with Crippen LogP contribution < -0.4 is 5.32 Å². The maximum absolute atomic E-state index is 11.6. The van der Waals surface area contributed by atoms with Crippen molar-refractivity contribution in [2.24, 2.45) is 0 Å². The highest BCUT2D eigenvalue weighted by molar-refractivity contribution is 7.88. The van der Waals surface area contributed by atoms with Crippen molar-refractivity contribution in [3.8, 4) is 0 Å². The molecule has 1 atom stereocenters. The topological polar surface area (TPSA) is 49.4 Å². The normalized spacial score (nSPS) is 24.6. The van der Waals surface area contributed by atoms with E-state index in [0.717, 1.165) is 25.8 Å². The van der Waals surface area contributed by atoms with Crippen LogP contribution >= 0.6 is 0 Å². The molecule has 0 radical (unpaired) electrons. The summed E-state index contributed by atoms with van der Waals surface area (Å²) < 4.78 is 24.9. The average molecular weight is 248 g/mol. The van der Waals surface area contributed by atoms with E-state index in [9.17, 15) is 8.42 Å². The summed E-state index contributed by atoms with van der Waals surface area (Å²) in [4.78, 5) is 0. The average Bonchev–Trinajstić information content (AvgIpc) is 2.12. The minimum Gasteiger partial charge on any atom is -0.310 e. The number of nitrogens with zero attached hydrogens (tertiary/aromatic N) is 1. The molecule has 0 aromatic carbocycles. The van der Waals surface area contributed by atoms with Crippen molar-refractivity contribution in [1.82, 2.24) is 9.62 Å². The van der Waals surface area contributed by atoms with E-state index in [0.29, 0.717) is 6.54 Å². The maximum Gasteiger partial charge on any atom is 0.211 e. The van der Waals surface area contributed by atoms with Gasteiger partial charge in [-0.3, -0.25) is 0 Å². The Kier molecular flexibility index (Phi) is 4.37. The molecule has 96 valence electrons. The molecule has 1 saturated heterocycles. The lowest BCUT2D eigenvalue weighted by Gasteiger charge is -2.35. The zero-order valence-electron chi connectivity index (χ0n) is 10.8. The van der Waals surface area contributed by atoms with Gasteiger partial charge in [-0.1, -0.05) is 6.42 Å². The zero-order chi connectivity index (χ0) is 12.4. The van der Waals surface area contributed by atoms with E-state index in [2.05, 4.69) is 26.1 Å². The number of hydrogen-bond donors (Lipinski definition) is 1. The second kappa shape index (κ2) is 5.02. The lowest BCUT2D eigenvalue weighted by atomic mass is 10.0. The monoisotopic (exact) mass is 248 g/mol.